The molecule has 1 N–H and O–H groups in total. The quantitative estimate of drug-likeness (QED) is 0.0805. The Labute approximate surface area is 297 Å². The Hall–Kier alpha value is -3.97. The Morgan fingerprint density at radius 3 is 1.28 bits per heavy atom. The van der Waals surface area contributed by atoms with Gasteiger partial charge >= 0.3 is 0 Å². The number of rotatable bonds is 11. The van der Waals surface area contributed by atoms with Crippen LogP contribution in [0.2, 0.25) is 0 Å². The average Bonchev–Trinajstić information content (AvgIpc) is 3.12. The summed E-state index contributed by atoms with van der Waals surface area (Å²) in [6.45, 7) is 2.64. The van der Waals surface area contributed by atoms with Crippen LogP contribution in [-0.4, -0.2) is 6.54 Å². The van der Waals surface area contributed by atoms with Crippen molar-refractivity contribution in [3.63, 3.8) is 0 Å². The number of anilines is 1. The summed E-state index contributed by atoms with van der Waals surface area (Å²) in [5.74, 6) is 0. The van der Waals surface area contributed by atoms with Crippen molar-refractivity contribution in [2.24, 2.45) is 0 Å². The van der Waals surface area contributed by atoms with Crippen LogP contribution < -0.4 is 26.5 Å². The summed E-state index contributed by atoms with van der Waals surface area (Å²) in [6, 6.07) is 63.4. The van der Waals surface area contributed by atoms with Gasteiger partial charge < -0.3 is 5.32 Å². The molecule has 0 atom stereocenters. The third-order valence-corrected chi connectivity index (χ3v) is 12.5. The van der Waals surface area contributed by atoms with Crippen molar-refractivity contribution in [3.05, 3.63) is 193 Å². The summed E-state index contributed by atoms with van der Waals surface area (Å²) >= 11 is 0. The van der Waals surface area contributed by atoms with Crippen LogP contribution in [0.1, 0.15) is 16.7 Å². The summed E-state index contributed by atoms with van der Waals surface area (Å²) in [4.78, 5) is 0. The van der Waals surface area contributed by atoms with Crippen LogP contribution in [0, 0.1) is 24.7 Å². The molecule has 0 spiro atoms. The summed E-state index contributed by atoms with van der Waals surface area (Å²) in [7, 11) is -0.884. The molecule has 0 aliphatic rings. The zero-order chi connectivity index (χ0) is 31.8. The van der Waals surface area contributed by atoms with Crippen molar-refractivity contribution < 1.29 is 21.1 Å². The first-order chi connectivity index (χ1) is 22.7. The number of nitrogens with one attached hydrogen (secondary N) is 1. The van der Waals surface area contributed by atoms with E-state index in [2.05, 4.69) is 151 Å². The second-order valence-corrected chi connectivity index (χ2v) is 15.3. The minimum Gasteiger partial charge on any atom is -0.412 e. The second kappa shape index (κ2) is 19.6. The maximum atomic E-state index is 8.24. The van der Waals surface area contributed by atoms with E-state index in [1.54, 1.807) is 0 Å². The van der Waals surface area contributed by atoms with E-state index in [1.165, 1.54) is 44.3 Å². The molecule has 0 unspecified atom stereocenters. The van der Waals surface area contributed by atoms with Crippen LogP contribution >= 0.6 is 15.8 Å². The van der Waals surface area contributed by atoms with Gasteiger partial charge in [0, 0.05) is 39.1 Å². The van der Waals surface area contributed by atoms with Gasteiger partial charge in [0.2, 0.25) is 0 Å². The molecular formula is C42H39N2P2Pt-. The molecule has 0 radical (unpaired) electrons. The van der Waals surface area contributed by atoms with Gasteiger partial charge in [0.05, 0.1) is 0 Å². The predicted octanol–water partition coefficient (Wildman–Crippen LogP) is 9.08. The van der Waals surface area contributed by atoms with E-state index in [4.69, 9.17) is 5.26 Å². The van der Waals surface area contributed by atoms with Crippen molar-refractivity contribution >= 4 is 42.7 Å². The summed E-state index contributed by atoms with van der Waals surface area (Å²) in [5.41, 5.74) is 5.14. The predicted molar refractivity (Wildman–Crippen MR) is 202 cm³/mol. The first kappa shape index (κ1) is 35.9. The normalized spacial score (nSPS) is 10.3. The number of nitriles is 1. The summed E-state index contributed by atoms with van der Waals surface area (Å²) in [6.07, 6.45) is 3.65. The third-order valence-electron chi connectivity index (χ3n) is 7.50. The van der Waals surface area contributed by atoms with Gasteiger partial charge in [-0.1, -0.05) is 170 Å². The van der Waals surface area contributed by atoms with E-state index in [-0.39, 0.29) is 21.1 Å². The molecule has 6 aromatic rings. The maximum absolute atomic E-state index is 8.24. The van der Waals surface area contributed by atoms with Gasteiger partial charge in [-0.15, -0.1) is 6.07 Å². The van der Waals surface area contributed by atoms with E-state index >= 15 is 0 Å². The topological polar surface area (TPSA) is 35.8 Å². The molecule has 2 nitrogen and oxygen atoms in total. The number of nitrogens with zero attached hydrogens (tertiary/aromatic N) is 1. The molecule has 0 saturated heterocycles. The monoisotopic (exact) mass is 828 g/mol. The average molecular weight is 829 g/mol. The Bertz CT molecular complexity index is 1600. The number of benzene rings is 6. The van der Waals surface area contributed by atoms with Crippen LogP contribution in [0.15, 0.2) is 170 Å². The Kier molecular flexibility index (Phi) is 15.0. The zero-order valence-electron chi connectivity index (χ0n) is 26.5. The largest absolute Gasteiger partial charge is 0.412 e. The molecule has 6 aromatic carbocycles. The van der Waals surface area contributed by atoms with Crippen molar-refractivity contribution in [1.29, 1.82) is 5.26 Å². The van der Waals surface area contributed by atoms with Crippen LogP contribution in [0.4, 0.5) is 5.69 Å². The van der Waals surface area contributed by atoms with Crippen molar-refractivity contribution in [3.8, 4) is 6.07 Å². The van der Waals surface area contributed by atoms with Gasteiger partial charge in [-0.25, -0.2) is 5.26 Å². The molecule has 0 aliphatic heterocycles. The fourth-order valence-electron chi connectivity index (χ4n) is 5.17. The maximum Gasteiger partial charge on any atom is 0.0318 e. The van der Waals surface area contributed by atoms with Crippen LogP contribution in [0.5, 0.6) is 0 Å². The number of aryl methyl sites for hydroxylation is 1. The minimum atomic E-state index is -0.442. The molecular weight excluding hydrogens is 790 g/mol. The fourth-order valence-corrected chi connectivity index (χ4v) is 9.75. The molecule has 0 aromatic heterocycles. The molecule has 47 heavy (non-hydrogen) atoms. The van der Waals surface area contributed by atoms with E-state index in [0.717, 1.165) is 18.0 Å². The molecule has 0 fully saturated rings. The number of hydrogen-bond acceptors (Lipinski definition) is 2. The first-order valence-electron chi connectivity index (χ1n) is 15.5. The van der Waals surface area contributed by atoms with Gasteiger partial charge in [-0.05, 0) is 67.2 Å². The fraction of sp³-hybridized carbons (Fsp3) is 0.0952. The Balaban J connectivity index is 0.000000327. The standard InChI is InChI=1S/C32H28P2.C10H11N2.Pt/c1-5-16-29(17-6-1)33(30-18-7-2-8-19-30)25-27-14-13-15-28(24-27)26-34(31-20-9-3-10-21-31)32-22-11-4-12-23-32;1-9-3-5-10(6-4-9)12-8-2-7-11;/h1-24H,25-26H2;2-6,12H,8H2,1H3;/q;-1;. The molecule has 0 heterocycles. The van der Waals surface area contributed by atoms with E-state index in [1.807, 2.05) is 37.3 Å². The summed E-state index contributed by atoms with van der Waals surface area (Å²) in [5, 5.41) is 17.1. The van der Waals surface area contributed by atoms with Gasteiger partial charge in [0.1, 0.15) is 0 Å². The van der Waals surface area contributed by atoms with Gasteiger partial charge in [-0.3, -0.25) is 6.42 Å². The van der Waals surface area contributed by atoms with Crippen LogP contribution in [0.25, 0.3) is 0 Å². The zero-order valence-corrected chi connectivity index (χ0v) is 30.6. The molecule has 0 bridgehead atoms. The first-order valence-corrected chi connectivity index (χ1v) is 18.6. The van der Waals surface area contributed by atoms with Crippen LogP contribution in [-0.2, 0) is 33.4 Å². The van der Waals surface area contributed by atoms with Crippen molar-refractivity contribution in [1.82, 2.24) is 0 Å². The molecule has 0 amide bonds. The minimum absolute atomic E-state index is 0. The summed E-state index contributed by atoms with van der Waals surface area (Å²) < 4.78 is 0. The van der Waals surface area contributed by atoms with Gasteiger partial charge in [0.15, 0.2) is 0 Å². The van der Waals surface area contributed by atoms with E-state index in [0.29, 0.717) is 6.54 Å². The molecule has 238 valence electrons. The van der Waals surface area contributed by atoms with Crippen molar-refractivity contribution in [2.75, 3.05) is 11.9 Å². The Morgan fingerprint density at radius 1 is 0.532 bits per heavy atom. The third kappa shape index (κ3) is 11.3. The van der Waals surface area contributed by atoms with Crippen molar-refractivity contribution in [2.45, 2.75) is 19.2 Å². The van der Waals surface area contributed by atoms with Gasteiger partial charge in [-0.2, -0.15) is 0 Å². The molecule has 0 aliphatic carbocycles. The molecule has 5 heteroatoms. The Morgan fingerprint density at radius 2 is 0.915 bits per heavy atom. The van der Waals surface area contributed by atoms with Crippen LogP contribution in [0.3, 0.4) is 0 Å². The number of hydrogen-bond donors (Lipinski definition) is 1. The SMILES string of the molecule is Cc1ccc(NC[CH-]C#N)cc1.[Pt].c1ccc(P(Cc2cccc(CP(c3ccccc3)c3ccccc3)c2)c2ccccc2)cc1. The van der Waals surface area contributed by atoms with E-state index in [9.17, 15) is 0 Å². The second-order valence-electron chi connectivity index (χ2n) is 10.9. The molecule has 0 saturated carbocycles. The molecule has 6 rings (SSSR count). The van der Waals surface area contributed by atoms with Gasteiger partial charge in [0.25, 0.3) is 0 Å². The smallest absolute Gasteiger partial charge is 0.0318 e. The van der Waals surface area contributed by atoms with E-state index < -0.39 is 15.8 Å².